The zero-order chi connectivity index (χ0) is 15.8. The fraction of sp³-hybridized carbons (Fsp3) is 0.667. The fourth-order valence-electron chi connectivity index (χ4n) is 1.18. The summed E-state index contributed by atoms with van der Waals surface area (Å²) in [7, 11) is -4.25. The van der Waals surface area contributed by atoms with E-state index in [1.54, 1.807) is 0 Å². The Kier molecular flexibility index (Phi) is 8.37. The molecule has 1 atom stereocenters. The van der Waals surface area contributed by atoms with Crippen LogP contribution in [0.2, 0.25) is 0 Å². The molecule has 0 aliphatic rings. The van der Waals surface area contributed by atoms with Gasteiger partial charge in [-0.2, -0.15) is 0 Å². The van der Waals surface area contributed by atoms with E-state index in [-0.39, 0.29) is 5.57 Å². The highest BCUT2D eigenvalue weighted by atomic mass is 31.2. The largest absolute Gasteiger partial charge is 0.425 e. The van der Waals surface area contributed by atoms with Gasteiger partial charge in [0, 0.05) is 12.0 Å². The highest BCUT2D eigenvalue weighted by molar-refractivity contribution is 7.51. The van der Waals surface area contributed by atoms with Crippen LogP contribution in [0, 0.1) is 0 Å². The Morgan fingerprint density at radius 1 is 1.30 bits per heavy atom. The molecule has 7 nitrogen and oxygen atoms in total. The SMILES string of the molecule is C=C(C)C(=O)OC(CCCC)OC(=O)CCP(=O)(O)O. The second kappa shape index (κ2) is 8.89. The minimum atomic E-state index is -4.25. The smallest absolute Gasteiger partial charge is 0.336 e. The molecule has 0 radical (unpaired) electrons. The van der Waals surface area contributed by atoms with E-state index in [2.05, 4.69) is 6.58 Å². The predicted molar refractivity (Wildman–Crippen MR) is 71.8 cm³/mol. The van der Waals surface area contributed by atoms with Crippen LogP contribution in [0.15, 0.2) is 12.2 Å². The van der Waals surface area contributed by atoms with Crippen LogP contribution in [0.1, 0.15) is 39.5 Å². The number of rotatable bonds is 9. The van der Waals surface area contributed by atoms with Crippen molar-refractivity contribution in [2.24, 2.45) is 0 Å². The summed E-state index contributed by atoms with van der Waals surface area (Å²) >= 11 is 0. The Labute approximate surface area is 118 Å². The standard InChI is InChI=1S/C12H21O7P/c1-4-5-6-11(19-12(14)9(2)3)18-10(13)7-8-20(15,16)17/h11H,2,4-8H2,1,3H3,(H2,15,16,17). The minimum Gasteiger partial charge on any atom is -0.425 e. The van der Waals surface area contributed by atoms with Gasteiger partial charge in [-0.05, 0) is 13.3 Å². The molecule has 0 rings (SSSR count). The molecule has 1 unspecified atom stereocenters. The third kappa shape index (κ3) is 9.72. The molecule has 0 aromatic carbocycles. The molecule has 0 spiro atoms. The number of hydrogen-bond donors (Lipinski definition) is 2. The highest BCUT2D eigenvalue weighted by Gasteiger charge is 2.21. The summed E-state index contributed by atoms with van der Waals surface area (Å²) in [4.78, 5) is 40.1. The molecule has 20 heavy (non-hydrogen) atoms. The molecule has 0 aliphatic carbocycles. The van der Waals surface area contributed by atoms with Gasteiger partial charge >= 0.3 is 19.5 Å². The van der Waals surface area contributed by atoms with Crippen LogP contribution in [-0.2, 0) is 23.6 Å². The van der Waals surface area contributed by atoms with Crippen LogP contribution in [0.5, 0.6) is 0 Å². The van der Waals surface area contributed by atoms with Gasteiger partial charge in [-0.1, -0.05) is 19.9 Å². The first-order valence-corrected chi connectivity index (χ1v) is 8.06. The Bertz CT molecular complexity index is 399. The van der Waals surface area contributed by atoms with E-state index < -0.39 is 38.4 Å². The maximum Gasteiger partial charge on any atom is 0.336 e. The van der Waals surface area contributed by atoms with Gasteiger partial charge in [0.15, 0.2) is 0 Å². The van der Waals surface area contributed by atoms with Crippen LogP contribution in [0.4, 0.5) is 0 Å². The Hall–Kier alpha value is -1.17. The van der Waals surface area contributed by atoms with E-state index >= 15 is 0 Å². The zero-order valence-electron chi connectivity index (χ0n) is 11.7. The Morgan fingerprint density at radius 3 is 2.35 bits per heavy atom. The molecule has 2 N–H and O–H groups in total. The molecule has 0 bridgehead atoms. The number of carbonyl (C=O) groups excluding carboxylic acids is 2. The molecule has 0 saturated heterocycles. The average Bonchev–Trinajstić information content (AvgIpc) is 2.32. The lowest BCUT2D eigenvalue weighted by molar-refractivity contribution is -0.186. The molecule has 8 heteroatoms. The van der Waals surface area contributed by atoms with Crippen molar-refractivity contribution in [3.05, 3.63) is 12.2 Å². The fourth-order valence-corrected chi connectivity index (χ4v) is 1.65. The first-order chi connectivity index (χ1) is 9.15. The van der Waals surface area contributed by atoms with Crippen molar-refractivity contribution in [3.63, 3.8) is 0 Å². The van der Waals surface area contributed by atoms with Crippen molar-refractivity contribution in [1.29, 1.82) is 0 Å². The second-order valence-corrected chi connectivity index (χ2v) is 6.16. The van der Waals surface area contributed by atoms with Crippen molar-refractivity contribution in [2.45, 2.75) is 45.8 Å². The molecule has 0 saturated carbocycles. The Morgan fingerprint density at radius 2 is 1.90 bits per heavy atom. The number of carbonyl (C=O) groups is 2. The van der Waals surface area contributed by atoms with E-state index in [1.807, 2.05) is 6.92 Å². The number of ether oxygens (including phenoxy) is 2. The average molecular weight is 308 g/mol. The van der Waals surface area contributed by atoms with Crippen molar-refractivity contribution in [3.8, 4) is 0 Å². The lowest BCUT2D eigenvalue weighted by Crippen LogP contribution is -2.25. The second-order valence-electron chi connectivity index (χ2n) is 4.39. The van der Waals surface area contributed by atoms with Crippen LogP contribution in [-0.4, -0.2) is 34.2 Å². The number of hydrogen-bond acceptors (Lipinski definition) is 5. The maximum atomic E-state index is 11.4. The molecule has 0 heterocycles. The molecule has 0 amide bonds. The normalized spacial score (nSPS) is 12.6. The van der Waals surface area contributed by atoms with E-state index in [0.717, 1.165) is 6.42 Å². The van der Waals surface area contributed by atoms with Crippen LogP contribution in [0.3, 0.4) is 0 Å². The number of unbranched alkanes of at least 4 members (excludes halogenated alkanes) is 1. The maximum absolute atomic E-state index is 11.4. The van der Waals surface area contributed by atoms with Crippen molar-refractivity contribution in [1.82, 2.24) is 0 Å². The van der Waals surface area contributed by atoms with Crippen LogP contribution >= 0.6 is 7.60 Å². The molecule has 0 fully saturated rings. The van der Waals surface area contributed by atoms with Gasteiger partial charge < -0.3 is 19.3 Å². The highest BCUT2D eigenvalue weighted by Crippen LogP contribution is 2.34. The zero-order valence-corrected chi connectivity index (χ0v) is 12.6. The van der Waals surface area contributed by atoms with Gasteiger partial charge in [0.25, 0.3) is 0 Å². The summed E-state index contributed by atoms with van der Waals surface area (Å²) in [6.45, 7) is 6.81. The first kappa shape index (κ1) is 18.8. The van der Waals surface area contributed by atoms with Gasteiger partial charge in [-0.3, -0.25) is 9.36 Å². The van der Waals surface area contributed by atoms with Crippen molar-refractivity contribution < 1.29 is 33.4 Å². The van der Waals surface area contributed by atoms with Gasteiger partial charge in [-0.25, -0.2) is 4.79 Å². The Balaban J connectivity index is 4.40. The molecule has 0 aromatic heterocycles. The summed E-state index contributed by atoms with van der Waals surface area (Å²) < 4.78 is 20.5. The summed E-state index contributed by atoms with van der Waals surface area (Å²) in [5.74, 6) is -1.49. The van der Waals surface area contributed by atoms with E-state index in [4.69, 9.17) is 19.3 Å². The van der Waals surface area contributed by atoms with Gasteiger partial charge in [0.1, 0.15) is 0 Å². The lowest BCUT2D eigenvalue weighted by atomic mass is 10.2. The van der Waals surface area contributed by atoms with E-state index in [9.17, 15) is 14.2 Å². The minimum absolute atomic E-state index is 0.178. The topological polar surface area (TPSA) is 110 Å². The van der Waals surface area contributed by atoms with Gasteiger partial charge in [0.05, 0.1) is 12.6 Å². The van der Waals surface area contributed by atoms with E-state index in [1.165, 1.54) is 6.92 Å². The van der Waals surface area contributed by atoms with Gasteiger partial charge in [0.2, 0.25) is 6.29 Å². The van der Waals surface area contributed by atoms with E-state index in [0.29, 0.717) is 12.8 Å². The summed E-state index contributed by atoms with van der Waals surface area (Å²) in [6.07, 6.45) is -0.250. The summed E-state index contributed by atoms with van der Waals surface area (Å²) in [6, 6.07) is 0. The number of esters is 2. The molecule has 0 aromatic rings. The third-order valence-electron chi connectivity index (χ3n) is 2.25. The van der Waals surface area contributed by atoms with Crippen LogP contribution < -0.4 is 0 Å². The molecular weight excluding hydrogens is 287 g/mol. The molecule has 116 valence electrons. The predicted octanol–water partition coefficient (Wildman–Crippen LogP) is 1.73. The summed E-state index contributed by atoms with van der Waals surface area (Å²) in [5, 5.41) is 0. The molecular formula is C12H21O7P. The van der Waals surface area contributed by atoms with Crippen molar-refractivity contribution >= 4 is 19.5 Å². The van der Waals surface area contributed by atoms with Crippen molar-refractivity contribution in [2.75, 3.05) is 6.16 Å². The first-order valence-electron chi connectivity index (χ1n) is 6.26. The third-order valence-corrected chi connectivity index (χ3v) is 3.06. The lowest BCUT2D eigenvalue weighted by Gasteiger charge is -2.18. The van der Waals surface area contributed by atoms with Gasteiger partial charge in [-0.15, -0.1) is 0 Å². The monoisotopic (exact) mass is 308 g/mol. The van der Waals surface area contributed by atoms with Crippen LogP contribution in [0.25, 0.3) is 0 Å². The molecule has 0 aliphatic heterocycles. The summed E-state index contributed by atoms with van der Waals surface area (Å²) in [5.41, 5.74) is 0.178. The quantitative estimate of drug-likeness (QED) is 0.289.